The molecule has 1 aromatic heterocycles. The maximum absolute atomic E-state index is 13.1. The van der Waals surface area contributed by atoms with Crippen LogP contribution in [0, 0.1) is 5.82 Å². The lowest BCUT2D eigenvalue weighted by Gasteiger charge is -2.17. The summed E-state index contributed by atoms with van der Waals surface area (Å²) in [5, 5.41) is 8.52. The molecule has 0 aliphatic heterocycles. The molecule has 0 saturated carbocycles. The van der Waals surface area contributed by atoms with Crippen molar-refractivity contribution in [1.82, 2.24) is 10.2 Å². The van der Waals surface area contributed by atoms with E-state index in [0.717, 1.165) is 6.92 Å². The molecular weight excluding hydrogens is 322 g/mol. The number of nitrogens with two attached hydrogens (primary N) is 1. The molecule has 0 amide bonds. The molecule has 3 aromatic rings. The summed E-state index contributed by atoms with van der Waals surface area (Å²) in [4.78, 5) is 0. The van der Waals surface area contributed by atoms with E-state index in [1.165, 1.54) is 36.4 Å². The topological polar surface area (TPSA) is 51.8 Å². The highest BCUT2D eigenvalue weighted by atomic mass is 19.4. The number of hydrogen-bond acceptors (Lipinski definition) is 3. The Kier molecular flexibility index (Phi) is 3.87. The van der Waals surface area contributed by atoms with Crippen LogP contribution in [-0.4, -0.2) is 16.4 Å². The summed E-state index contributed by atoms with van der Waals surface area (Å²) < 4.78 is 52.3. The van der Waals surface area contributed by atoms with Crippen molar-refractivity contribution in [3.05, 3.63) is 54.0 Å². The Balaban J connectivity index is 2.27. The highest BCUT2D eigenvalue weighted by Crippen LogP contribution is 2.38. The second-order valence-corrected chi connectivity index (χ2v) is 5.51. The van der Waals surface area contributed by atoms with Gasteiger partial charge in [-0.2, -0.15) is 18.3 Å². The first-order chi connectivity index (χ1) is 11.3. The third kappa shape index (κ3) is 2.89. The summed E-state index contributed by atoms with van der Waals surface area (Å²) in [6.45, 7) is 1.04. The Morgan fingerprint density at radius 3 is 2.25 bits per heavy atom. The molecule has 1 heterocycles. The van der Waals surface area contributed by atoms with Gasteiger partial charge >= 0.3 is 6.18 Å². The van der Waals surface area contributed by atoms with Gasteiger partial charge in [0.15, 0.2) is 0 Å². The van der Waals surface area contributed by atoms with Gasteiger partial charge < -0.3 is 5.73 Å². The first-order valence-electron chi connectivity index (χ1n) is 7.16. The van der Waals surface area contributed by atoms with Gasteiger partial charge in [0.2, 0.25) is 0 Å². The number of halogens is 4. The summed E-state index contributed by atoms with van der Waals surface area (Å²) in [7, 11) is 0. The Labute approximate surface area is 135 Å². The zero-order valence-electron chi connectivity index (χ0n) is 12.6. The minimum absolute atomic E-state index is 0.164. The Hall–Kier alpha value is -2.70. The van der Waals surface area contributed by atoms with Crippen LogP contribution in [0.4, 0.5) is 23.2 Å². The second kappa shape index (κ2) is 5.74. The van der Waals surface area contributed by atoms with E-state index in [1.54, 1.807) is 6.07 Å². The summed E-state index contributed by atoms with van der Waals surface area (Å²) in [6.07, 6.45) is -4.43. The first kappa shape index (κ1) is 16.2. The van der Waals surface area contributed by atoms with E-state index >= 15 is 0 Å². The maximum atomic E-state index is 13.1. The normalized spacial score (nSPS) is 13.2. The van der Waals surface area contributed by atoms with Crippen LogP contribution in [0.2, 0.25) is 0 Å². The largest absolute Gasteiger partial charge is 0.399 e. The van der Waals surface area contributed by atoms with Crippen LogP contribution in [0.15, 0.2) is 42.5 Å². The molecule has 3 nitrogen and oxygen atoms in total. The summed E-state index contributed by atoms with van der Waals surface area (Å²) in [5.74, 6) is -2.18. The Bertz CT molecular complexity index is 889. The minimum atomic E-state index is -4.43. The molecule has 3 rings (SSSR count). The molecule has 0 radical (unpaired) electrons. The number of fused-ring (bicyclic) bond motifs is 1. The number of alkyl halides is 3. The van der Waals surface area contributed by atoms with Gasteiger partial charge in [-0.15, -0.1) is 5.10 Å². The van der Waals surface area contributed by atoms with Gasteiger partial charge in [-0.05, 0) is 43.3 Å². The van der Waals surface area contributed by atoms with Crippen molar-refractivity contribution in [2.24, 2.45) is 0 Å². The molecule has 0 unspecified atom stereocenters. The molecule has 0 aliphatic rings. The minimum Gasteiger partial charge on any atom is -0.399 e. The van der Waals surface area contributed by atoms with Crippen molar-refractivity contribution in [3.8, 4) is 11.3 Å². The number of benzene rings is 2. The molecule has 24 heavy (non-hydrogen) atoms. The summed E-state index contributed by atoms with van der Waals surface area (Å²) in [6, 6.07) is 10.1. The Morgan fingerprint density at radius 1 is 0.958 bits per heavy atom. The van der Waals surface area contributed by atoms with E-state index in [-0.39, 0.29) is 5.69 Å². The van der Waals surface area contributed by atoms with Crippen molar-refractivity contribution in [3.63, 3.8) is 0 Å². The fourth-order valence-electron chi connectivity index (χ4n) is 2.49. The highest BCUT2D eigenvalue weighted by Gasteiger charge is 2.39. The smallest absolute Gasteiger partial charge is 0.397 e. The molecule has 0 bridgehead atoms. The zero-order chi connectivity index (χ0) is 17.5. The number of aromatic nitrogens is 2. The van der Waals surface area contributed by atoms with Gasteiger partial charge in [0.25, 0.3) is 0 Å². The number of nitrogen functional groups attached to an aromatic ring is 1. The molecule has 0 spiro atoms. The molecule has 0 fully saturated rings. The lowest BCUT2D eigenvalue weighted by Crippen LogP contribution is -2.19. The predicted octanol–water partition coefficient (Wildman–Crippen LogP) is 4.68. The van der Waals surface area contributed by atoms with E-state index in [1.807, 2.05) is 0 Å². The quantitative estimate of drug-likeness (QED) is 0.546. The van der Waals surface area contributed by atoms with Gasteiger partial charge in [0.05, 0.1) is 11.6 Å². The number of rotatable bonds is 2. The van der Waals surface area contributed by atoms with Crippen molar-refractivity contribution < 1.29 is 17.6 Å². The van der Waals surface area contributed by atoms with E-state index in [9.17, 15) is 17.6 Å². The molecule has 0 saturated heterocycles. The Morgan fingerprint density at radius 2 is 1.62 bits per heavy atom. The van der Waals surface area contributed by atoms with E-state index in [4.69, 9.17) is 5.73 Å². The van der Waals surface area contributed by atoms with Crippen LogP contribution >= 0.6 is 0 Å². The summed E-state index contributed by atoms with van der Waals surface area (Å²) >= 11 is 0. The van der Waals surface area contributed by atoms with Crippen molar-refractivity contribution >= 4 is 16.5 Å². The van der Waals surface area contributed by atoms with E-state index in [2.05, 4.69) is 10.2 Å². The maximum Gasteiger partial charge on any atom is 0.397 e. The zero-order valence-corrected chi connectivity index (χ0v) is 12.6. The van der Waals surface area contributed by atoms with Gasteiger partial charge in [-0.25, -0.2) is 4.39 Å². The third-order valence-corrected chi connectivity index (χ3v) is 3.85. The van der Waals surface area contributed by atoms with Gasteiger partial charge in [-0.3, -0.25) is 0 Å². The van der Waals surface area contributed by atoms with E-state index in [0.29, 0.717) is 27.7 Å². The van der Waals surface area contributed by atoms with Crippen LogP contribution in [-0.2, 0) is 0 Å². The van der Waals surface area contributed by atoms with Crippen molar-refractivity contribution in [2.45, 2.75) is 19.0 Å². The monoisotopic (exact) mass is 335 g/mol. The predicted molar refractivity (Wildman–Crippen MR) is 83.8 cm³/mol. The lowest BCUT2D eigenvalue weighted by atomic mass is 9.97. The molecule has 2 aromatic carbocycles. The molecular formula is C17H13F4N3. The highest BCUT2D eigenvalue weighted by molar-refractivity contribution is 5.97. The molecule has 124 valence electrons. The third-order valence-electron chi connectivity index (χ3n) is 3.85. The fraction of sp³-hybridized carbons (Fsp3) is 0.176. The standard InChI is InChI=1S/C17H13F4N3/c1-9(17(19,20)21)15-13-7-6-12(22)8-14(13)16(24-23-15)10-2-4-11(18)5-3-10/h2-9H,22H2,1H3/t9-/m1/s1. The van der Waals surface area contributed by atoms with Crippen LogP contribution in [0.1, 0.15) is 18.5 Å². The fourth-order valence-corrected chi connectivity index (χ4v) is 2.49. The average molecular weight is 335 g/mol. The van der Waals surface area contributed by atoms with Gasteiger partial charge in [-0.1, -0.05) is 6.07 Å². The van der Waals surface area contributed by atoms with Crippen molar-refractivity contribution in [2.75, 3.05) is 5.73 Å². The van der Waals surface area contributed by atoms with Gasteiger partial charge in [0, 0.05) is 22.0 Å². The molecule has 0 aliphatic carbocycles. The van der Waals surface area contributed by atoms with Gasteiger partial charge in [0.1, 0.15) is 11.5 Å². The lowest BCUT2D eigenvalue weighted by molar-refractivity contribution is -0.146. The second-order valence-electron chi connectivity index (χ2n) is 5.51. The van der Waals surface area contributed by atoms with Crippen LogP contribution < -0.4 is 5.73 Å². The average Bonchev–Trinajstić information content (AvgIpc) is 2.53. The molecule has 2 N–H and O–H groups in total. The number of anilines is 1. The number of hydrogen-bond donors (Lipinski definition) is 1. The van der Waals surface area contributed by atoms with Crippen LogP contribution in [0.3, 0.4) is 0 Å². The molecule has 7 heteroatoms. The molecule has 1 atom stereocenters. The summed E-state index contributed by atoms with van der Waals surface area (Å²) in [5.41, 5.74) is 6.91. The first-order valence-corrected chi connectivity index (χ1v) is 7.16. The SMILES string of the molecule is C[C@H](c1nnc(-c2ccc(F)cc2)c2cc(N)ccc12)C(F)(F)F. The van der Waals surface area contributed by atoms with Crippen LogP contribution in [0.5, 0.6) is 0 Å². The number of nitrogens with zero attached hydrogens (tertiary/aromatic N) is 2. The van der Waals surface area contributed by atoms with Crippen molar-refractivity contribution in [1.29, 1.82) is 0 Å². The van der Waals surface area contributed by atoms with E-state index < -0.39 is 17.9 Å². The van der Waals surface area contributed by atoms with Crippen LogP contribution in [0.25, 0.3) is 22.0 Å².